The smallest absolute Gasteiger partial charge is 0.269 e. The van der Waals surface area contributed by atoms with Gasteiger partial charge in [0.15, 0.2) is 0 Å². The maximum Gasteiger partial charge on any atom is 0.269 e. The number of rotatable bonds is 9. The predicted octanol–water partition coefficient (Wildman–Crippen LogP) is 1.79. The molecule has 2 aromatic rings. The second kappa shape index (κ2) is 11.2. The first-order chi connectivity index (χ1) is 16.1. The monoisotopic (exact) mass is 469 g/mol. The quantitative estimate of drug-likeness (QED) is 0.568. The van der Waals surface area contributed by atoms with E-state index in [2.05, 4.69) is 22.2 Å². The molecular formula is C23H32B3F2N3O3. The van der Waals surface area contributed by atoms with Gasteiger partial charge in [0.05, 0.1) is 18.2 Å². The summed E-state index contributed by atoms with van der Waals surface area (Å²) >= 11 is 0. The minimum Gasteiger partial charge on any atom is -0.498 e. The van der Waals surface area contributed by atoms with Gasteiger partial charge in [-0.05, 0) is 61.6 Å². The third-order valence-electron chi connectivity index (χ3n) is 6.35. The van der Waals surface area contributed by atoms with E-state index >= 15 is 0 Å². The van der Waals surface area contributed by atoms with Crippen LogP contribution in [0.4, 0.5) is 8.78 Å². The third kappa shape index (κ3) is 6.51. The fraction of sp³-hybridized carbons (Fsp3) is 0.522. The Kier molecular flexibility index (Phi) is 8.60. The standard InChI is InChI=1S/C23H32B3F2N3O3/c1-3-17(31-21(32)15-8-9-18(33-2)30-12-15)14-6-4-13(5-7-14)16-10-11-29-22(19(16)20(27)28)34-23(24,25)26/h8-14,17,20H,3-7,24-26H2,1-2H3,(H,31,32)/t13-,14+,17-/m1/s1. The van der Waals surface area contributed by atoms with Gasteiger partial charge in [-0.3, -0.25) is 4.79 Å². The molecule has 1 aliphatic rings. The molecule has 0 unspecified atom stereocenters. The first-order valence-corrected chi connectivity index (χ1v) is 11.9. The van der Waals surface area contributed by atoms with Gasteiger partial charge in [-0.1, -0.05) is 6.92 Å². The van der Waals surface area contributed by atoms with E-state index in [-0.39, 0.29) is 29.3 Å². The van der Waals surface area contributed by atoms with Gasteiger partial charge in [-0.15, -0.1) is 0 Å². The summed E-state index contributed by atoms with van der Waals surface area (Å²) in [5, 5.41) is 2.53. The van der Waals surface area contributed by atoms with Crippen molar-refractivity contribution < 1.29 is 23.0 Å². The fourth-order valence-corrected chi connectivity index (χ4v) is 4.69. The normalized spacial score (nSPS) is 19.4. The van der Waals surface area contributed by atoms with Gasteiger partial charge >= 0.3 is 0 Å². The van der Waals surface area contributed by atoms with Crippen LogP contribution in [-0.4, -0.2) is 57.9 Å². The average Bonchev–Trinajstić information content (AvgIpc) is 2.81. The van der Waals surface area contributed by atoms with E-state index in [4.69, 9.17) is 9.47 Å². The molecule has 0 radical (unpaired) electrons. The van der Waals surface area contributed by atoms with Gasteiger partial charge in [0.2, 0.25) is 11.8 Å². The number of halogens is 2. The van der Waals surface area contributed by atoms with Gasteiger partial charge in [0, 0.05) is 29.8 Å². The number of ether oxygens (including phenoxy) is 2. The van der Waals surface area contributed by atoms with Gasteiger partial charge in [0.25, 0.3) is 12.3 Å². The summed E-state index contributed by atoms with van der Waals surface area (Å²) in [5.41, 5.74) is 1.02. The van der Waals surface area contributed by atoms with Crippen LogP contribution in [0.2, 0.25) is 0 Å². The van der Waals surface area contributed by atoms with Crippen molar-refractivity contribution >= 4 is 29.4 Å². The summed E-state index contributed by atoms with van der Waals surface area (Å²) in [6, 6.07) is 5.07. The Balaban J connectivity index is 1.68. The van der Waals surface area contributed by atoms with E-state index in [1.165, 1.54) is 13.3 Å². The Labute approximate surface area is 202 Å². The molecule has 0 aliphatic heterocycles. The molecule has 1 fully saturated rings. The molecule has 180 valence electrons. The highest BCUT2D eigenvalue weighted by molar-refractivity contribution is 6.58. The fourth-order valence-electron chi connectivity index (χ4n) is 4.69. The zero-order chi connectivity index (χ0) is 24.9. The summed E-state index contributed by atoms with van der Waals surface area (Å²) < 4.78 is 38.9. The molecule has 1 saturated carbocycles. The number of carbonyl (C=O) groups excluding carboxylic acids is 1. The number of aromatic nitrogens is 2. The van der Waals surface area contributed by atoms with Crippen molar-refractivity contribution in [1.29, 1.82) is 0 Å². The lowest BCUT2D eigenvalue weighted by Gasteiger charge is -2.35. The number of amides is 1. The second-order valence-electron chi connectivity index (χ2n) is 9.82. The van der Waals surface area contributed by atoms with Crippen molar-refractivity contribution in [3.05, 3.63) is 47.3 Å². The van der Waals surface area contributed by atoms with Crippen molar-refractivity contribution in [3.8, 4) is 11.8 Å². The molecule has 11 heteroatoms. The minimum atomic E-state index is -2.65. The largest absolute Gasteiger partial charge is 0.498 e. The van der Waals surface area contributed by atoms with E-state index in [1.807, 2.05) is 23.5 Å². The zero-order valence-corrected chi connectivity index (χ0v) is 20.6. The topological polar surface area (TPSA) is 73.3 Å². The van der Waals surface area contributed by atoms with Crippen LogP contribution in [0, 0.1) is 5.92 Å². The van der Waals surface area contributed by atoms with Crippen LogP contribution < -0.4 is 14.8 Å². The van der Waals surface area contributed by atoms with Crippen molar-refractivity contribution in [2.24, 2.45) is 5.92 Å². The van der Waals surface area contributed by atoms with Crippen molar-refractivity contribution in [2.45, 2.75) is 62.7 Å². The maximum absolute atomic E-state index is 14.0. The molecule has 0 aromatic carbocycles. The van der Waals surface area contributed by atoms with E-state index < -0.39 is 11.7 Å². The molecule has 2 heterocycles. The number of methoxy groups -OCH3 is 1. The lowest BCUT2D eigenvalue weighted by Crippen LogP contribution is -2.41. The molecule has 0 bridgehead atoms. The van der Waals surface area contributed by atoms with Crippen LogP contribution in [0.5, 0.6) is 11.8 Å². The highest BCUT2D eigenvalue weighted by Gasteiger charge is 2.32. The van der Waals surface area contributed by atoms with Crippen LogP contribution in [0.25, 0.3) is 0 Å². The van der Waals surface area contributed by atoms with Crippen molar-refractivity contribution in [2.75, 3.05) is 7.11 Å². The minimum absolute atomic E-state index is 0.0161. The average molecular weight is 469 g/mol. The maximum atomic E-state index is 14.0. The Morgan fingerprint density at radius 2 is 1.88 bits per heavy atom. The third-order valence-corrected chi connectivity index (χ3v) is 6.35. The molecule has 3 rings (SSSR count). The number of nitrogens with one attached hydrogen (secondary N) is 1. The summed E-state index contributed by atoms with van der Waals surface area (Å²) in [6.07, 6.45) is 4.47. The van der Waals surface area contributed by atoms with Crippen LogP contribution in [0.15, 0.2) is 30.6 Å². The summed E-state index contributed by atoms with van der Waals surface area (Å²) in [4.78, 5) is 20.9. The molecule has 1 amide bonds. The number of alkyl halides is 2. The summed E-state index contributed by atoms with van der Waals surface area (Å²) in [6.45, 7) is 2.05. The first-order valence-electron chi connectivity index (χ1n) is 11.9. The second-order valence-corrected chi connectivity index (χ2v) is 9.82. The lowest BCUT2D eigenvalue weighted by molar-refractivity contribution is 0.0908. The molecule has 1 N–H and O–H groups in total. The number of carbonyl (C=O) groups is 1. The van der Waals surface area contributed by atoms with Crippen molar-refractivity contribution in [1.82, 2.24) is 15.3 Å². The SMILES string of the molecule is BC(B)(B)Oc1nccc([C@H]2CC[C@@H]([C@@H](CC)NC(=O)c3ccc(OC)nc3)CC2)c1C(F)F. The van der Waals surface area contributed by atoms with Crippen LogP contribution >= 0.6 is 0 Å². The molecular weight excluding hydrogens is 437 g/mol. The Morgan fingerprint density at radius 1 is 1.18 bits per heavy atom. The first kappa shape index (κ1) is 26.0. The molecule has 0 saturated heterocycles. The molecule has 34 heavy (non-hydrogen) atoms. The van der Waals surface area contributed by atoms with Crippen molar-refractivity contribution in [3.63, 3.8) is 0 Å². The van der Waals surface area contributed by atoms with E-state index in [1.54, 1.807) is 24.4 Å². The summed E-state index contributed by atoms with van der Waals surface area (Å²) in [5.74, 6) is 0.622. The Morgan fingerprint density at radius 3 is 2.41 bits per heavy atom. The molecule has 0 spiro atoms. The Hall–Kier alpha value is -2.58. The van der Waals surface area contributed by atoms with Crippen LogP contribution in [0.3, 0.4) is 0 Å². The number of hydrogen-bond acceptors (Lipinski definition) is 5. The molecule has 1 aliphatic carbocycles. The highest BCUT2D eigenvalue weighted by Crippen LogP contribution is 2.43. The van der Waals surface area contributed by atoms with Gasteiger partial charge in [0.1, 0.15) is 23.5 Å². The van der Waals surface area contributed by atoms with Gasteiger partial charge < -0.3 is 14.8 Å². The Bertz CT molecular complexity index is 966. The lowest BCUT2D eigenvalue weighted by atomic mass is 9.52. The predicted molar refractivity (Wildman–Crippen MR) is 135 cm³/mol. The number of hydrogen-bond donors (Lipinski definition) is 1. The zero-order valence-electron chi connectivity index (χ0n) is 20.6. The molecule has 1 atom stereocenters. The highest BCUT2D eigenvalue weighted by atomic mass is 19.3. The van der Waals surface area contributed by atoms with E-state index in [0.717, 1.165) is 32.1 Å². The molecule has 6 nitrogen and oxygen atoms in total. The molecule has 2 aromatic heterocycles. The van der Waals surface area contributed by atoms with Gasteiger partial charge in [-0.25, -0.2) is 18.7 Å². The van der Waals surface area contributed by atoms with E-state index in [0.29, 0.717) is 22.9 Å². The van der Waals surface area contributed by atoms with Crippen LogP contribution in [0.1, 0.15) is 72.9 Å². The summed E-state index contributed by atoms with van der Waals surface area (Å²) in [7, 11) is 7.00. The number of nitrogens with zero attached hydrogens (tertiary/aromatic N) is 2. The van der Waals surface area contributed by atoms with E-state index in [9.17, 15) is 13.6 Å². The van der Waals surface area contributed by atoms with Gasteiger partial charge in [-0.2, -0.15) is 0 Å². The number of pyridine rings is 2. The van der Waals surface area contributed by atoms with Crippen LogP contribution in [-0.2, 0) is 0 Å².